The number of allylic oxidation sites excluding steroid dienone is 1. The Morgan fingerprint density at radius 1 is 1.11 bits per heavy atom. The molecule has 0 bridgehead atoms. The largest absolute Gasteiger partial charge is 0.497 e. The van der Waals surface area contributed by atoms with Crippen LogP contribution in [0.15, 0.2) is 86.6 Å². The molecular weight excluding hydrogens is 544 g/mol. The number of hydrogen-bond donors (Lipinski definition) is 0. The van der Waals surface area contributed by atoms with Crippen LogP contribution < -0.4 is 19.6 Å². The van der Waals surface area contributed by atoms with Crippen molar-refractivity contribution in [1.82, 2.24) is 4.57 Å². The fourth-order valence-electron chi connectivity index (χ4n) is 4.90. The number of ether oxygens (including phenoxy) is 1. The maximum absolute atomic E-state index is 13.9. The second kappa shape index (κ2) is 8.94. The Morgan fingerprint density at radius 2 is 1.91 bits per heavy atom. The van der Waals surface area contributed by atoms with E-state index in [0.717, 1.165) is 51.0 Å². The molecule has 0 N–H and O–H groups in total. The van der Waals surface area contributed by atoms with E-state index >= 15 is 0 Å². The van der Waals surface area contributed by atoms with E-state index in [0.29, 0.717) is 14.4 Å². The van der Waals surface area contributed by atoms with Gasteiger partial charge in [-0.1, -0.05) is 81.3 Å². The Bertz CT molecular complexity index is 1700. The van der Waals surface area contributed by atoms with Crippen LogP contribution in [0, 0.1) is 0 Å². The third kappa shape index (κ3) is 3.80. The van der Waals surface area contributed by atoms with Crippen LogP contribution in [-0.2, 0) is 6.42 Å². The number of methoxy groups -OCH3 is 1. The van der Waals surface area contributed by atoms with E-state index in [9.17, 15) is 4.79 Å². The van der Waals surface area contributed by atoms with Crippen LogP contribution in [0.5, 0.6) is 5.75 Å². The molecule has 7 heteroatoms. The maximum atomic E-state index is 13.9. The second-order valence-electron chi connectivity index (χ2n) is 8.52. The van der Waals surface area contributed by atoms with Gasteiger partial charge in [0.15, 0.2) is 4.80 Å². The summed E-state index contributed by atoms with van der Waals surface area (Å²) < 4.78 is 8.70. The summed E-state index contributed by atoms with van der Waals surface area (Å²) in [5.74, 6) is 0.730. The summed E-state index contributed by atoms with van der Waals surface area (Å²) in [4.78, 5) is 19.6. The molecule has 1 aliphatic heterocycles. The van der Waals surface area contributed by atoms with Crippen molar-refractivity contribution in [2.24, 2.45) is 4.99 Å². The van der Waals surface area contributed by atoms with Crippen molar-refractivity contribution in [3.63, 3.8) is 0 Å². The van der Waals surface area contributed by atoms with E-state index in [4.69, 9.17) is 21.3 Å². The molecule has 6 rings (SSSR count). The highest BCUT2D eigenvalue weighted by molar-refractivity contribution is 9.10. The number of aromatic nitrogens is 1. The molecule has 0 fully saturated rings. The van der Waals surface area contributed by atoms with Gasteiger partial charge in [-0.3, -0.25) is 9.36 Å². The quantitative estimate of drug-likeness (QED) is 0.319. The first-order valence-corrected chi connectivity index (χ1v) is 13.2. The highest BCUT2D eigenvalue weighted by Crippen LogP contribution is 2.42. The molecular formula is C28H20BrClN2O2S. The van der Waals surface area contributed by atoms with Crippen LogP contribution in [0.1, 0.15) is 34.7 Å². The SMILES string of the molecule is COc1ccc(Br)c(C=c2sc3n(c2=O)C(c2ccccc2Cl)C2=C(N=3)c3ccccc3CC2)c1. The Balaban J connectivity index is 1.64. The summed E-state index contributed by atoms with van der Waals surface area (Å²) >= 11 is 11.7. The summed E-state index contributed by atoms with van der Waals surface area (Å²) in [6, 6.07) is 21.6. The number of halogens is 2. The molecule has 0 saturated carbocycles. The Labute approximate surface area is 219 Å². The molecule has 0 spiro atoms. The minimum Gasteiger partial charge on any atom is -0.497 e. The van der Waals surface area contributed by atoms with Crippen LogP contribution in [0.3, 0.4) is 0 Å². The predicted octanol–water partition coefficient (Wildman–Crippen LogP) is 5.74. The number of fused-ring (bicyclic) bond motifs is 3. The minimum absolute atomic E-state index is 0.0706. The molecule has 1 atom stereocenters. The number of hydrogen-bond acceptors (Lipinski definition) is 4. The third-order valence-corrected chi connectivity index (χ3v) is 8.61. The van der Waals surface area contributed by atoms with Gasteiger partial charge in [-0.15, -0.1) is 0 Å². The van der Waals surface area contributed by atoms with Crippen LogP contribution >= 0.6 is 38.9 Å². The maximum Gasteiger partial charge on any atom is 0.271 e. The van der Waals surface area contributed by atoms with Gasteiger partial charge in [-0.05, 0) is 65.4 Å². The zero-order valence-corrected chi connectivity index (χ0v) is 22.0. The molecule has 4 nitrogen and oxygen atoms in total. The van der Waals surface area contributed by atoms with E-state index < -0.39 is 0 Å². The summed E-state index contributed by atoms with van der Waals surface area (Å²) in [5, 5.41) is 0.648. The van der Waals surface area contributed by atoms with Gasteiger partial charge >= 0.3 is 0 Å². The standard InChI is InChI=1S/C28H20BrClN2O2S/c1-34-18-11-13-22(29)17(14-18)15-24-27(33)32-26(20-8-4-5-9-23(20)30)21-12-10-16-6-2-3-7-19(16)25(21)31-28(32)35-24/h2-9,11,13-15,26H,10,12H2,1H3. The fourth-order valence-corrected chi connectivity index (χ4v) is 6.49. The molecule has 35 heavy (non-hydrogen) atoms. The Hall–Kier alpha value is -2.93. The molecule has 4 aromatic rings. The van der Waals surface area contributed by atoms with Crippen LogP contribution in [-0.4, -0.2) is 11.7 Å². The van der Waals surface area contributed by atoms with Gasteiger partial charge in [0.2, 0.25) is 0 Å². The Morgan fingerprint density at radius 3 is 2.74 bits per heavy atom. The van der Waals surface area contributed by atoms with Gasteiger partial charge < -0.3 is 4.74 Å². The molecule has 0 saturated heterocycles. The van der Waals surface area contributed by atoms with Gasteiger partial charge in [0.1, 0.15) is 5.75 Å². The van der Waals surface area contributed by atoms with Gasteiger partial charge in [0, 0.05) is 15.1 Å². The molecule has 1 aliphatic carbocycles. The molecule has 3 aromatic carbocycles. The van der Waals surface area contributed by atoms with Crippen molar-refractivity contribution < 1.29 is 4.74 Å². The molecule has 1 unspecified atom stereocenters. The first kappa shape index (κ1) is 22.5. The molecule has 2 heterocycles. The van der Waals surface area contributed by atoms with Crippen molar-refractivity contribution >= 4 is 50.6 Å². The lowest BCUT2D eigenvalue weighted by Gasteiger charge is -2.31. The van der Waals surface area contributed by atoms with Crippen molar-refractivity contribution in [3.05, 3.63) is 124 Å². The first-order valence-electron chi connectivity index (χ1n) is 11.3. The number of nitrogens with zero attached hydrogens (tertiary/aromatic N) is 2. The molecule has 1 aromatic heterocycles. The van der Waals surface area contributed by atoms with Crippen molar-refractivity contribution in [3.8, 4) is 5.75 Å². The number of rotatable bonds is 3. The van der Waals surface area contributed by atoms with E-state index in [1.165, 1.54) is 16.9 Å². The van der Waals surface area contributed by atoms with Crippen molar-refractivity contribution in [2.75, 3.05) is 7.11 Å². The average molecular weight is 564 g/mol. The lowest BCUT2D eigenvalue weighted by Crippen LogP contribution is -2.38. The second-order valence-corrected chi connectivity index (χ2v) is 10.8. The van der Waals surface area contributed by atoms with Crippen molar-refractivity contribution in [2.45, 2.75) is 18.9 Å². The Kier molecular flexibility index (Phi) is 5.75. The highest BCUT2D eigenvalue weighted by Gasteiger charge is 2.33. The first-order chi connectivity index (χ1) is 17.0. The summed E-state index contributed by atoms with van der Waals surface area (Å²) in [7, 11) is 1.63. The smallest absolute Gasteiger partial charge is 0.271 e. The van der Waals surface area contributed by atoms with Gasteiger partial charge in [0.25, 0.3) is 5.56 Å². The van der Waals surface area contributed by atoms with Gasteiger partial charge in [-0.2, -0.15) is 0 Å². The predicted molar refractivity (Wildman–Crippen MR) is 145 cm³/mol. The van der Waals surface area contributed by atoms with Gasteiger partial charge in [-0.25, -0.2) is 4.99 Å². The molecule has 0 amide bonds. The third-order valence-electron chi connectivity index (χ3n) is 6.56. The van der Waals surface area contributed by atoms with Gasteiger partial charge in [0.05, 0.1) is 23.4 Å². The summed E-state index contributed by atoms with van der Waals surface area (Å²) in [6.45, 7) is 0. The monoisotopic (exact) mass is 562 g/mol. The summed E-state index contributed by atoms with van der Waals surface area (Å²) in [6.07, 6.45) is 3.64. The zero-order chi connectivity index (χ0) is 24.1. The zero-order valence-electron chi connectivity index (χ0n) is 18.8. The summed E-state index contributed by atoms with van der Waals surface area (Å²) in [5.41, 5.74) is 6.25. The molecule has 2 aliphatic rings. The lowest BCUT2D eigenvalue weighted by molar-refractivity contribution is 0.414. The topological polar surface area (TPSA) is 43.6 Å². The van der Waals surface area contributed by atoms with Crippen LogP contribution in [0.25, 0.3) is 11.8 Å². The minimum atomic E-state index is -0.292. The number of thiazole rings is 1. The molecule has 0 radical (unpaired) electrons. The molecule has 174 valence electrons. The fraction of sp³-hybridized carbons (Fsp3) is 0.143. The normalized spacial score (nSPS) is 16.9. The van der Waals surface area contributed by atoms with E-state index in [2.05, 4.69) is 34.1 Å². The highest BCUT2D eigenvalue weighted by atomic mass is 79.9. The van der Waals surface area contributed by atoms with E-state index in [1.54, 1.807) is 7.11 Å². The van der Waals surface area contributed by atoms with Crippen LogP contribution in [0.2, 0.25) is 5.02 Å². The lowest BCUT2D eigenvalue weighted by atomic mass is 9.83. The van der Waals surface area contributed by atoms with Crippen molar-refractivity contribution in [1.29, 1.82) is 0 Å². The van der Waals surface area contributed by atoms with E-state index in [-0.39, 0.29) is 11.6 Å². The van der Waals surface area contributed by atoms with Crippen LogP contribution in [0.4, 0.5) is 0 Å². The van der Waals surface area contributed by atoms with E-state index in [1.807, 2.05) is 59.2 Å². The number of aryl methyl sites for hydroxylation is 1. The number of benzene rings is 3. The average Bonchev–Trinajstić information content (AvgIpc) is 3.19.